The van der Waals surface area contributed by atoms with Crippen LogP contribution in [0, 0.1) is 23.7 Å². The summed E-state index contributed by atoms with van der Waals surface area (Å²) in [4.78, 5) is 51.8. The Labute approximate surface area is 208 Å². The first kappa shape index (κ1) is 24.8. The van der Waals surface area contributed by atoms with E-state index in [1.54, 1.807) is 17.0 Å². The average molecular weight is 510 g/mol. The van der Waals surface area contributed by atoms with E-state index in [2.05, 4.69) is 10.6 Å². The van der Waals surface area contributed by atoms with Gasteiger partial charge in [0, 0.05) is 24.0 Å². The molecule has 1 aromatic rings. The summed E-state index contributed by atoms with van der Waals surface area (Å²) in [5, 5.41) is 6.36. The second-order valence-corrected chi connectivity index (χ2v) is 10.4. The molecule has 4 rings (SSSR count). The summed E-state index contributed by atoms with van der Waals surface area (Å²) in [6.45, 7) is 2.73. The maximum absolute atomic E-state index is 13.3. The Morgan fingerprint density at radius 1 is 1.32 bits per heavy atom. The Kier molecular flexibility index (Phi) is 7.67. The minimum atomic E-state index is -0.787. The number of halogens is 2. The Balaban J connectivity index is 1.43. The second-order valence-electron chi connectivity index (χ2n) is 9.52. The summed E-state index contributed by atoms with van der Waals surface area (Å²) in [5.41, 5.74) is 0. The molecule has 8 nitrogen and oxygen atoms in total. The average Bonchev–Trinajstić information content (AvgIpc) is 3.48. The van der Waals surface area contributed by atoms with Crippen LogP contribution in [-0.4, -0.2) is 60.7 Å². The zero-order valence-corrected chi connectivity index (χ0v) is 20.5. The zero-order chi connectivity index (χ0) is 24.4. The van der Waals surface area contributed by atoms with Gasteiger partial charge in [-0.25, -0.2) is 0 Å². The van der Waals surface area contributed by atoms with E-state index in [4.69, 9.17) is 27.9 Å². The van der Waals surface area contributed by atoms with Gasteiger partial charge in [0.15, 0.2) is 6.61 Å². The molecule has 1 saturated carbocycles. The lowest BCUT2D eigenvalue weighted by molar-refractivity contribution is -0.141. The summed E-state index contributed by atoms with van der Waals surface area (Å²) < 4.78 is 5.62. The Morgan fingerprint density at radius 2 is 2.12 bits per heavy atom. The molecule has 3 fully saturated rings. The lowest BCUT2D eigenvalue weighted by atomic mass is 9.90. The van der Waals surface area contributed by atoms with Gasteiger partial charge in [-0.05, 0) is 55.2 Å². The quantitative estimate of drug-likeness (QED) is 0.523. The van der Waals surface area contributed by atoms with Crippen molar-refractivity contribution >= 4 is 47.2 Å². The van der Waals surface area contributed by atoms with E-state index < -0.39 is 12.1 Å². The number of carbonyl (C=O) groups is 4. The van der Waals surface area contributed by atoms with Crippen LogP contribution < -0.4 is 15.4 Å². The van der Waals surface area contributed by atoms with Gasteiger partial charge in [-0.1, -0.05) is 36.5 Å². The highest BCUT2D eigenvalue weighted by Gasteiger charge is 2.49. The van der Waals surface area contributed by atoms with Crippen LogP contribution >= 0.6 is 23.2 Å². The summed E-state index contributed by atoms with van der Waals surface area (Å²) in [5.74, 6) is -0.369. The van der Waals surface area contributed by atoms with Crippen molar-refractivity contribution in [1.29, 1.82) is 0 Å². The van der Waals surface area contributed by atoms with Gasteiger partial charge in [0.25, 0.3) is 5.91 Å². The van der Waals surface area contributed by atoms with E-state index in [-0.39, 0.29) is 54.4 Å². The van der Waals surface area contributed by atoms with Gasteiger partial charge in [0.05, 0.1) is 11.1 Å². The SMILES string of the molecule is CC1CNC(=O)[C@@H]1C[C@@H](C=O)NC(=O)C1[C@@H]2CCC[C@H]2CN1C(=O)COc1ccc(Cl)cc1Cl. The fourth-order valence-electron chi connectivity index (χ4n) is 5.54. The maximum Gasteiger partial charge on any atom is 0.261 e. The lowest BCUT2D eigenvalue weighted by Crippen LogP contribution is -2.52. The number of hydrogen-bond donors (Lipinski definition) is 2. The molecule has 3 amide bonds. The molecule has 0 spiro atoms. The number of hydrogen-bond acceptors (Lipinski definition) is 5. The molecule has 6 atom stereocenters. The molecule has 2 heterocycles. The summed E-state index contributed by atoms with van der Waals surface area (Å²) in [7, 11) is 0. The monoisotopic (exact) mass is 509 g/mol. The highest BCUT2D eigenvalue weighted by Crippen LogP contribution is 2.42. The third kappa shape index (κ3) is 5.18. The van der Waals surface area contributed by atoms with Gasteiger partial charge in [0.2, 0.25) is 11.8 Å². The molecule has 1 aliphatic carbocycles. The normalized spacial score (nSPS) is 28.9. The minimum absolute atomic E-state index is 0.0454. The first-order chi connectivity index (χ1) is 16.3. The summed E-state index contributed by atoms with van der Waals surface area (Å²) >= 11 is 12.0. The topological polar surface area (TPSA) is 105 Å². The predicted molar refractivity (Wildman–Crippen MR) is 127 cm³/mol. The summed E-state index contributed by atoms with van der Waals surface area (Å²) in [6, 6.07) is 3.29. The molecule has 34 heavy (non-hydrogen) atoms. The zero-order valence-electron chi connectivity index (χ0n) is 19.0. The molecule has 2 saturated heterocycles. The molecule has 2 aliphatic heterocycles. The number of rotatable bonds is 8. The van der Waals surface area contributed by atoms with E-state index >= 15 is 0 Å². The van der Waals surface area contributed by atoms with Crippen molar-refractivity contribution in [2.45, 2.75) is 44.7 Å². The van der Waals surface area contributed by atoms with Crippen molar-refractivity contribution in [3.05, 3.63) is 28.2 Å². The second kappa shape index (κ2) is 10.5. The lowest BCUT2D eigenvalue weighted by Gasteiger charge is -2.28. The minimum Gasteiger partial charge on any atom is -0.482 e. The number of amides is 3. The predicted octanol–water partition coefficient (Wildman–Crippen LogP) is 2.46. The van der Waals surface area contributed by atoms with Crippen molar-refractivity contribution in [1.82, 2.24) is 15.5 Å². The van der Waals surface area contributed by atoms with Gasteiger partial charge in [-0.15, -0.1) is 0 Å². The van der Waals surface area contributed by atoms with E-state index in [1.807, 2.05) is 6.92 Å². The van der Waals surface area contributed by atoms with Crippen molar-refractivity contribution < 1.29 is 23.9 Å². The molecule has 0 radical (unpaired) electrons. The van der Waals surface area contributed by atoms with Crippen LogP contribution in [0.15, 0.2) is 18.2 Å². The number of nitrogens with zero attached hydrogens (tertiary/aromatic N) is 1. The molecule has 0 aromatic heterocycles. The first-order valence-corrected chi connectivity index (χ1v) is 12.4. The van der Waals surface area contributed by atoms with Gasteiger partial charge in [-0.3, -0.25) is 14.4 Å². The molecule has 2 N–H and O–H groups in total. The van der Waals surface area contributed by atoms with Crippen molar-refractivity contribution in [3.8, 4) is 5.75 Å². The molecule has 10 heteroatoms. The van der Waals surface area contributed by atoms with Crippen LogP contribution in [0.2, 0.25) is 10.0 Å². The number of aldehydes is 1. The van der Waals surface area contributed by atoms with Crippen molar-refractivity contribution in [3.63, 3.8) is 0 Å². The van der Waals surface area contributed by atoms with E-state index in [0.717, 1.165) is 19.3 Å². The van der Waals surface area contributed by atoms with Crippen LogP contribution in [0.5, 0.6) is 5.75 Å². The smallest absolute Gasteiger partial charge is 0.261 e. The van der Waals surface area contributed by atoms with Gasteiger partial charge in [0.1, 0.15) is 18.1 Å². The number of carbonyl (C=O) groups excluding carboxylic acids is 4. The number of ether oxygens (including phenoxy) is 1. The van der Waals surface area contributed by atoms with Crippen LogP contribution in [0.4, 0.5) is 0 Å². The first-order valence-electron chi connectivity index (χ1n) is 11.7. The molecule has 1 aromatic carbocycles. The van der Waals surface area contributed by atoms with Gasteiger partial charge < -0.3 is 25.1 Å². The molecule has 0 bridgehead atoms. The van der Waals surface area contributed by atoms with Crippen LogP contribution in [0.1, 0.15) is 32.6 Å². The number of likely N-dealkylation sites (tertiary alicyclic amines) is 1. The Hall–Kier alpha value is -2.32. The third-order valence-corrected chi connectivity index (χ3v) is 7.88. The maximum atomic E-state index is 13.3. The molecular weight excluding hydrogens is 481 g/mol. The van der Waals surface area contributed by atoms with E-state index in [0.29, 0.717) is 35.2 Å². The number of fused-ring (bicyclic) bond motifs is 1. The number of benzene rings is 1. The van der Waals surface area contributed by atoms with E-state index in [9.17, 15) is 19.2 Å². The largest absolute Gasteiger partial charge is 0.482 e. The van der Waals surface area contributed by atoms with Gasteiger partial charge in [-0.2, -0.15) is 0 Å². The molecular formula is C24H29Cl2N3O5. The Morgan fingerprint density at radius 3 is 2.79 bits per heavy atom. The third-order valence-electron chi connectivity index (χ3n) is 7.35. The fraction of sp³-hybridized carbons (Fsp3) is 0.583. The molecule has 3 aliphatic rings. The Bertz CT molecular complexity index is 974. The van der Waals surface area contributed by atoms with Crippen molar-refractivity contribution in [2.24, 2.45) is 23.7 Å². The van der Waals surface area contributed by atoms with Crippen LogP contribution in [0.25, 0.3) is 0 Å². The highest BCUT2D eigenvalue weighted by atomic mass is 35.5. The standard InChI is InChI=1S/C24H29Cl2N3O5/c1-13-9-27-23(32)18(13)8-16(11-30)28-24(33)22-17-4-2-3-14(17)10-29(22)21(31)12-34-20-6-5-15(25)7-19(20)26/h5-7,11,13-14,16-18,22H,2-4,8-10,12H2,1H3,(H,27,32)(H,28,33)/t13?,14-,16-,17+,18+,22?/m0/s1. The van der Waals surface area contributed by atoms with Crippen LogP contribution in [-0.2, 0) is 19.2 Å². The highest BCUT2D eigenvalue weighted by molar-refractivity contribution is 6.35. The molecule has 184 valence electrons. The van der Waals surface area contributed by atoms with Gasteiger partial charge >= 0.3 is 0 Å². The fourth-order valence-corrected chi connectivity index (χ4v) is 6.00. The van der Waals surface area contributed by atoms with Crippen LogP contribution in [0.3, 0.4) is 0 Å². The summed E-state index contributed by atoms with van der Waals surface area (Å²) in [6.07, 6.45) is 3.74. The van der Waals surface area contributed by atoms with E-state index in [1.165, 1.54) is 6.07 Å². The van der Waals surface area contributed by atoms with Crippen molar-refractivity contribution in [2.75, 3.05) is 19.7 Å². The molecule has 2 unspecified atom stereocenters. The number of nitrogens with one attached hydrogen (secondary N) is 2.